The molecule has 1 aromatic rings. The van der Waals surface area contributed by atoms with E-state index in [-0.39, 0.29) is 5.75 Å². The Morgan fingerprint density at radius 1 is 1.44 bits per heavy atom. The van der Waals surface area contributed by atoms with Gasteiger partial charge < -0.3 is 14.6 Å². The van der Waals surface area contributed by atoms with E-state index >= 15 is 0 Å². The number of methoxy groups -OCH3 is 1. The van der Waals surface area contributed by atoms with E-state index in [9.17, 15) is 9.50 Å². The third-order valence-electron chi connectivity index (χ3n) is 2.83. The first-order chi connectivity index (χ1) is 7.65. The number of hydrogen-bond donors (Lipinski definition) is 1. The van der Waals surface area contributed by atoms with Crippen LogP contribution in [0.1, 0.15) is 18.5 Å². The fourth-order valence-electron chi connectivity index (χ4n) is 1.80. The van der Waals surface area contributed by atoms with Gasteiger partial charge in [0.05, 0.1) is 12.8 Å². The molecule has 2 heterocycles. The Morgan fingerprint density at radius 3 is 2.69 bits per heavy atom. The third kappa shape index (κ3) is 2.01. The van der Waals surface area contributed by atoms with Crippen LogP contribution in [0, 0.1) is 5.95 Å². The van der Waals surface area contributed by atoms with E-state index in [1.54, 1.807) is 6.07 Å². The molecule has 1 aromatic heterocycles. The van der Waals surface area contributed by atoms with Crippen LogP contribution in [0.3, 0.4) is 0 Å². The summed E-state index contributed by atoms with van der Waals surface area (Å²) in [6, 6.07) is 3.07. The third-order valence-corrected chi connectivity index (χ3v) is 2.83. The highest BCUT2D eigenvalue weighted by molar-refractivity contribution is 5.24. The van der Waals surface area contributed by atoms with Gasteiger partial charge in [-0.2, -0.15) is 4.39 Å². The van der Waals surface area contributed by atoms with E-state index in [1.807, 2.05) is 0 Å². The molecule has 0 saturated carbocycles. The molecule has 0 aromatic carbocycles. The second-order valence-electron chi connectivity index (χ2n) is 3.83. The lowest BCUT2D eigenvalue weighted by Crippen LogP contribution is -2.34. The van der Waals surface area contributed by atoms with Crippen molar-refractivity contribution in [1.29, 1.82) is 0 Å². The number of aliphatic hydroxyl groups is 1. The molecule has 0 bridgehead atoms. The summed E-state index contributed by atoms with van der Waals surface area (Å²) in [5.74, 6) is -0.612. The van der Waals surface area contributed by atoms with Crippen LogP contribution < -0.4 is 4.74 Å². The molecule has 0 radical (unpaired) electrons. The van der Waals surface area contributed by atoms with E-state index in [1.165, 1.54) is 13.2 Å². The molecule has 4 nitrogen and oxygen atoms in total. The molecule has 5 heteroatoms. The second kappa shape index (κ2) is 4.35. The van der Waals surface area contributed by atoms with Gasteiger partial charge >= 0.3 is 0 Å². The molecule has 1 saturated heterocycles. The van der Waals surface area contributed by atoms with Crippen LogP contribution in [0.2, 0.25) is 0 Å². The number of nitrogens with zero attached hydrogens (tertiary/aromatic N) is 1. The van der Waals surface area contributed by atoms with Gasteiger partial charge in [0.25, 0.3) is 5.95 Å². The van der Waals surface area contributed by atoms with Crippen LogP contribution in [0.25, 0.3) is 0 Å². The monoisotopic (exact) mass is 227 g/mol. The lowest BCUT2D eigenvalue weighted by atomic mass is 9.90. The topological polar surface area (TPSA) is 51.6 Å². The number of hydrogen-bond acceptors (Lipinski definition) is 4. The minimum Gasteiger partial charge on any atom is -0.492 e. The maximum atomic E-state index is 13.4. The van der Waals surface area contributed by atoms with Crippen LogP contribution in [0.15, 0.2) is 12.1 Å². The molecule has 2 rings (SSSR count). The standard InChI is InChI=1S/C11H14FNO3/c1-15-8-2-3-9(13-10(8)12)11(14)4-6-16-7-5-11/h2-3,14H,4-7H2,1H3. The molecule has 1 aliphatic rings. The Labute approximate surface area is 93.0 Å². The fraction of sp³-hybridized carbons (Fsp3) is 0.545. The number of halogens is 1. The zero-order valence-electron chi connectivity index (χ0n) is 9.07. The zero-order chi connectivity index (χ0) is 11.6. The van der Waals surface area contributed by atoms with Gasteiger partial charge in [0.2, 0.25) is 0 Å². The summed E-state index contributed by atoms with van der Waals surface area (Å²) in [5, 5.41) is 10.3. The minimum absolute atomic E-state index is 0.0828. The first-order valence-electron chi connectivity index (χ1n) is 5.17. The Bertz CT molecular complexity index is 377. The van der Waals surface area contributed by atoms with Crippen LogP contribution in [-0.2, 0) is 10.3 Å². The molecule has 0 spiro atoms. The van der Waals surface area contributed by atoms with Crippen LogP contribution in [0.5, 0.6) is 5.75 Å². The summed E-state index contributed by atoms with van der Waals surface area (Å²) >= 11 is 0. The molecule has 0 unspecified atom stereocenters. The fourth-order valence-corrected chi connectivity index (χ4v) is 1.80. The van der Waals surface area contributed by atoms with Gasteiger partial charge in [0.1, 0.15) is 5.60 Å². The minimum atomic E-state index is -1.08. The number of ether oxygens (including phenoxy) is 2. The lowest BCUT2D eigenvalue weighted by molar-refractivity contribution is -0.0709. The Morgan fingerprint density at radius 2 is 2.12 bits per heavy atom. The van der Waals surface area contributed by atoms with E-state index in [0.717, 1.165) is 0 Å². The molecule has 1 N–H and O–H groups in total. The van der Waals surface area contributed by atoms with Gasteiger partial charge in [0.15, 0.2) is 5.75 Å². The molecule has 0 amide bonds. The summed E-state index contributed by atoms with van der Waals surface area (Å²) in [5.41, 5.74) is -0.736. The number of pyridine rings is 1. The number of rotatable bonds is 2. The smallest absolute Gasteiger partial charge is 0.255 e. The van der Waals surface area contributed by atoms with Crippen molar-refractivity contribution in [2.24, 2.45) is 0 Å². The van der Waals surface area contributed by atoms with E-state index in [4.69, 9.17) is 9.47 Å². The van der Waals surface area contributed by atoms with E-state index < -0.39 is 11.5 Å². The van der Waals surface area contributed by atoms with Crippen molar-refractivity contribution >= 4 is 0 Å². The first-order valence-corrected chi connectivity index (χ1v) is 5.17. The molecular formula is C11H14FNO3. The highest BCUT2D eigenvalue weighted by Crippen LogP contribution is 2.31. The van der Waals surface area contributed by atoms with Crippen LogP contribution in [0.4, 0.5) is 4.39 Å². The highest BCUT2D eigenvalue weighted by Gasteiger charge is 2.33. The average Bonchev–Trinajstić information content (AvgIpc) is 2.30. The van der Waals surface area contributed by atoms with Crippen molar-refractivity contribution in [3.8, 4) is 5.75 Å². The lowest BCUT2D eigenvalue weighted by Gasteiger charge is -2.31. The quantitative estimate of drug-likeness (QED) is 0.772. The highest BCUT2D eigenvalue weighted by atomic mass is 19.1. The van der Waals surface area contributed by atoms with Crippen molar-refractivity contribution in [2.75, 3.05) is 20.3 Å². The average molecular weight is 227 g/mol. The van der Waals surface area contributed by atoms with E-state index in [0.29, 0.717) is 31.7 Å². The summed E-state index contributed by atoms with van der Waals surface area (Å²) < 4.78 is 23.3. The zero-order valence-corrected chi connectivity index (χ0v) is 9.07. The van der Waals surface area contributed by atoms with Gasteiger partial charge in [0, 0.05) is 26.1 Å². The van der Waals surface area contributed by atoms with Gasteiger partial charge in [-0.25, -0.2) is 4.98 Å². The van der Waals surface area contributed by atoms with Crippen molar-refractivity contribution in [3.63, 3.8) is 0 Å². The predicted molar refractivity (Wildman–Crippen MR) is 54.7 cm³/mol. The van der Waals surface area contributed by atoms with Gasteiger partial charge in [-0.15, -0.1) is 0 Å². The molecular weight excluding hydrogens is 213 g/mol. The maximum absolute atomic E-state index is 13.4. The van der Waals surface area contributed by atoms with E-state index in [2.05, 4.69) is 4.98 Å². The van der Waals surface area contributed by atoms with Gasteiger partial charge in [-0.05, 0) is 12.1 Å². The molecule has 1 aliphatic heterocycles. The Hall–Kier alpha value is -1.20. The largest absolute Gasteiger partial charge is 0.492 e. The van der Waals surface area contributed by atoms with Crippen molar-refractivity contribution in [3.05, 3.63) is 23.8 Å². The maximum Gasteiger partial charge on any atom is 0.255 e. The Kier molecular flexibility index (Phi) is 3.07. The normalized spacial score (nSPS) is 19.4. The van der Waals surface area contributed by atoms with Gasteiger partial charge in [-0.3, -0.25) is 0 Å². The number of aromatic nitrogens is 1. The summed E-state index contributed by atoms with van der Waals surface area (Å²) in [6.45, 7) is 0.928. The predicted octanol–water partition coefficient (Wildman–Crippen LogP) is 1.23. The summed E-state index contributed by atoms with van der Waals surface area (Å²) in [7, 11) is 1.38. The van der Waals surface area contributed by atoms with Crippen molar-refractivity contribution in [2.45, 2.75) is 18.4 Å². The molecule has 16 heavy (non-hydrogen) atoms. The first kappa shape index (κ1) is 11.3. The second-order valence-corrected chi connectivity index (χ2v) is 3.83. The van der Waals surface area contributed by atoms with Gasteiger partial charge in [-0.1, -0.05) is 0 Å². The Balaban J connectivity index is 2.29. The molecule has 88 valence electrons. The SMILES string of the molecule is COc1ccc(C2(O)CCOCC2)nc1F. The van der Waals surface area contributed by atoms with Crippen molar-refractivity contribution in [1.82, 2.24) is 4.98 Å². The molecule has 0 atom stereocenters. The van der Waals surface area contributed by atoms with Crippen LogP contribution in [-0.4, -0.2) is 30.4 Å². The molecule has 0 aliphatic carbocycles. The summed E-state index contributed by atoms with van der Waals surface area (Å²) in [6.07, 6.45) is 0.873. The van der Waals surface area contributed by atoms with Crippen LogP contribution >= 0.6 is 0 Å². The van der Waals surface area contributed by atoms with Crippen molar-refractivity contribution < 1.29 is 19.0 Å². The molecule has 1 fully saturated rings. The summed E-state index contributed by atoms with van der Waals surface area (Å²) in [4.78, 5) is 3.74.